The summed E-state index contributed by atoms with van der Waals surface area (Å²) in [5, 5.41) is 3.57. The number of rotatable bonds is 2. The van der Waals surface area contributed by atoms with Crippen LogP contribution in [0.1, 0.15) is 43.6 Å². The topological polar surface area (TPSA) is 67.1 Å². The van der Waals surface area contributed by atoms with Gasteiger partial charge in [0.2, 0.25) is 0 Å². The summed E-state index contributed by atoms with van der Waals surface area (Å²) >= 11 is 0. The number of hydrogen-bond donors (Lipinski definition) is 2. The van der Waals surface area contributed by atoms with Gasteiger partial charge in [-0.1, -0.05) is 0 Å². The molecule has 0 bridgehead atoms. The number of anilines is 2. The lowest BCUT2D eigenvalue weighted by Crippen LogP contribution is -2.42. The number of nitrogen functional groups attached to an aromatic ring is 1. The molecular weight excluding hydrogens is 250 g/mol. The maximum atomic E-state index is 6.11. The van der Waals surface area contributed by atoms with Gasteiger partial charge in [0, 0.05) is 30.6 Å². The van der Waals surface area contributed by atoms with Gasteiger partial charge in [-0.2, -0.15) is 0 Å². The minimum Gasteiger partial charge on any atom is -0.383 e. The minimum atomic E-state index is 0.457. The molecule has 108 valence electrons. The van der Waals surface area contributed by atoms with E-state index in [2.05, 4.69) is 20.2 Å². The number of aromatic nitrogens is 2. The third kappa shape index (κ3) is 2.04. The summed E-state index contributed by atoms with van der Waals surface area (Å²) in [6, 6.07) is 0. The van der Waals surface area contributed by atoms with E-state index >= 15 is 0 Å². The maximum Gasteiger partial charge on any atom is 0.137 e. The van der Waals surface area contributed by atoms with Crippen LogP contribution in [0, 0.1) is 5.41 Å². The fourth-order valence-corrected chi connectivity index (χ4v) is 3.91. The van der Waals surface area contributed by atoms with E-state index in [4.69, 9.17) is 5.73 Å². The summed E-state index contributed by atoms with van der Waals surface area (Å²) in [6.45, 7) is 4.56. The second kappa shape index (κ2) is 4.58. The highest BCUT2D eigenvalue weighted by molar-refractivity contribution is 5.60. The molecule has 4 rings (SSSR count). The van der Waals surface area contributed by atoms with Crippen molar-refractivity contribution in [2.75, 3.05) is 36.8 Å². The molecule has 3 fully saturated rings. The molecule has 1 saturated carbocycles. The maximum absolute atomic E-state index is 6.11. The standard InChI is InChI=1S/C15H23N5/c16-13-12(11-2-3-11)14(19-10-18-13)20-7-5-15(9-20)4-1-6-17-8-15/h10-11,17H,1-9H2,(H2,16,18,19). The molecule has 2 saturated heterocycles. The van der Waals surface area contributed by atoms with Crippen LogP contribution < -0.4 is 16.0 Å². The Morgan fingerprint density at radius 2 is 2.20 bits per heavy atom. The summed E-state index contributed by atoms with van der Waals surface area (Å²) in [5.41, 5.74) is 7.78. The van der Waals surface area contributed by atoms with Crippen LogP contribution in [0.2, 0.25) is 0 Å². The molecule has 0 radical (unpaired) electrons. The fraction of sp³-hybridized carbons (Fsp3) is 0.733. The largest absolute Gasteiger partial charge is 0.383 e. The molecule has 20 heavy (non-hydrogen) atoms. The van der Waals surface area contributed by atoms with Gasteiger partial charge in [-0.05, 0) is 44.6 Å². The molecule has 5 heteroatoms. The molecule has 1 aromatic heterocycles. The van der Waals surface area contributed by atoms with Gasteiger partial charge < -0.3 is 16.0 Å². The molecule has 1 unspecified atom stereocenters. The highest BCUT2D eigenvalue weighted by atomic mass is 15.2. The molecule has 0 amide bonds. The Bertz CT molecular complexity index is 505. The zero-order valence-corrected chi connectivity index (χ0v) is 11.9. The fourth-order valence-electron chi connectivity index (χ4n) is 3.91. The highest BCUT2D eigenvalue weighted by Gasteiger charge is 2.41. The third-order valence-corrected chi connectivity index (χ3v) is 5.18. The van der Waals surface area contributed by atoms with Crippen LogP contribution in [0.3, 0.4) is 0 Å². The number of nitrogens with two attached hydrogens (primary N) is 1. The normalized spacial score (nSPS) is 30.1. The Hall–Kier alpha value is -1.36. The average Bonchev–Trinajstić information content (AvgIpc) is 3.22. The van der Waals surface area contributed by atoms with Gasteiger partial charge in [0.25, 0.3) is 0 Å². The summed E-state index contributed by atoms with van der Waals surface area (Å²) in [7, 11) is 0. The van der Waals surface area contributed by atoms with E-state index in [0.717, 1.165) is 25.5 Å². The molecule has 3 aliphatic rings. The van der Waals surface area contributed by atoms with Gasteiger partial charge in [-0.25, -0.2) is 9.97 Å². The summed E-state index contributed by atoms with van der Waals surface area (Å²) < 4.78 is 0. The summed E-state index contributed by atoms with van der Waals surface area (Å²) in [5.74, 6) is 2.41. The lowest BCUT2D eigenvalue weighted by atomic mass is 9.80. The zero-order valence-electron chi connectivity index (χ0n) is 11.9. The molecular formula is C15H23N5. The quantitative estimate of drug-likeness (QED) is 0.855. The van der Waals surface area contributed by atoms with Crippen molar-refractivity contribution in [2.45, 2.75) is 38.0 Å². The lowest BCUT2D eigenvalue weighted by Gasteiger charge is -2.34. The van der Waals surface area contributed by atoms with Crippen LogP contribution in [0.15, 0.2) is 6.33 Å². The molecule has 5 nitrogen and oxygen atoms in total. The van der Waals surface area contributed by atoms with Crippen LogP contribution in [-0.2, 0) is 0 Å². The van der Waals surface area contributed by atoms with Gasteiger partial charge in [0.1, 0.15) is 18.0 Å². The van der Waals surface area contributed by atoms with Gasteiger partial charge in [0.15, 0.2) is 0 Å². The first-order valence-electron chi connectivity index (χ1n) is 7.83. The first-order valence-corrected chi connectivity index (χ1v) is 7.83. The van der Waals surface area contributed by atoms with E-state index in [1.54, 1.807) is 6.33 Å². The number of hydrogen-bond acceptors (Lipinski definition) is 5. The van der Waals surface area contributed by atoms with E-state index in [-0.39, 0.29) is 0 Å². The van der Waals surface area contributed by atoms with Crippen molar-refractivity contribution in [3.63, 3.8) is 0 Å². The Morgan fingerprint density at radius 1 is 1.30 bits per heavy atom. The van der Waals surface area contributed by atoms with Crippen molar-refractivity contribution in [3.8, 4) is 0 Å². The van der Waals surface area contributed by atoms with E-state index in [1.165, 1.54) is 44.2 Å². The average molecular weight is 273 g/mol. The van der Waals surface area contributed by atoms with Gasteiger partial charge in [0.05, 0.1) is 0 Å². The molecule has 1 spiro atoms. The molecule has 1 atom stereocenters. The first kappa shape index (κ1) is 12.4. The molecule has 2 aliphatic heterocycles. The Kier molecular flexibility index (Phi) is 2.84. The smallest absolute Gasteiger partial charge is 0.137 e. The monoisotopic (exact) mass is 273 g/mol. The second-order valence-electron chi connectivity index (χ2n) is 6.72. The van der Waals surface area contributed by atoms with E-state index in [9.17, 15) is 0 Å². The van der Waals surface area contributed by atoms with Gasteiger partial charge in [-0.3, -0.25) is 0 Å². The molecule has 0 aromatic carbocycles. The highest BCUT2D eigenvalue weighted by Crippen LogP contribution is 2.47. The Morgan fingerprint density at radius 3 is 2.95 bits per heavy atom. The van der Waals surface area contributed by atoms with Crippen molar-refractivity contribution in [1.29, 1.82) is 0 Å². The minimum absolute atomic E-state index is 0.457. The Balaban J connectivity index is 1.61. The van der Waals surface area contributed by atoms with Crippen molar-refractivity contribution < 1.29 is 0 Å². The number of piperidine rings is 1. The van der Waals surface area contributed by atoms with Crippen LogP contribution in [-0.4, -0.2) is 36.1 Å². The summed E-state index contributed by atoms with van der Waals surface area (Å²) in [4.78, 5) is 11.2. The van der Waals surface area contributed by atoms with Crippen molar-refractivity contribution in [3.05, 3.63) is 11.9 Å². The predicted octanol–water partition coefficient (Wildman–Crippen LogP) is 1.52. The van der Waals surface area contributed by atoms with Crippen molar-refractivity contribution in [1.82, 2.24) is 15.3 Å². The van der Waals surface area contributed by atoms with Gasteiger partial charge in [-0.15, -0.1) is 0 Å². The van der Waals surface area contributed by atoms with E-state index in [1.807, 2.05) is 0 Å². The SMILES string of the molecule is Nc1ncnc(N2CCC3(CCCNC3)C2)c1C1CC1. The van der Waals surface area contributed by atoms with Crippen LogP contribution in [0.4, 0.5) is 11.6 Å². The third-order valence-electron chi connectivity index (χ3n) is 5.18. The lowest BCUT2D eigenvalue weighted by molar-refractivity contribution is 0.239. The number of nitrogens with zero attached hydrogens (tertiary/aromatic N) is 3. The first-order chi connectivity index (χ1) is 9.77. The van der Waals surface area contributed by atoms with Gasteiger partial charge >= 0.3 is 0 Å². The Labute approximate surface area is 120 Å². The van der Waals surface area contributed by atoms with Crippen LogP contribution in [0.25, 0.3) is 0 Å². The van der Waals surface area contributed by atoms with E-state index < -0.39 is 0 Å². The molecule has 1 aromatic rings. The van der Waals surface area contributed by atoms with Crippen LogP contribution >= 0.6 is 0 Å². The summed E-state index contributed by atoms with van der Waals surface area (Å²) in [6.07, 6.45) is 8.02. The van der Waals surface area contributed by atoms with Crippen LogP contribution in [0.5, 0.6) is 0 Å². The number of nitrogens with one attached hydrogen (secondary N) is 1. The van der Waals surface area contributed by atoms with Crippen molar-refractivity contribution >= 4 is 11.6 Å². The molecule has 3 heterocycles. The molecule has 1 aliphatic carbocycles. The molecule has 3 N–H and O–H groups in total. The van der Waals surface area contributed by atoms with E-state index in [0.29, 0.717) is 17.2 Å². The zero-order chi connectivity index (χ0) is 13.6. The second-order valence-corrected chi connectivity index (χ2v) is 6.72. The predicted molar refractivity (Wildman–Crippen MR) is 79.8 cm³/mol. The van der Waals surface area contributed by atoms with Crippen molar-refractivity contribution in [2.24, 2.45) is 5.41 Å².